The van der Waals surface area contributed by atoms with E-state index in [2.05, 4.69) is 31.9 Å². The Bertz CT molecular complexity index is 357. The van der Waals surface area contributed by atoms with Crippen LogP contribution < -0.4 is 0 Å². The summed E-state index contributed by atoms with van der Waals surface area (Å²) in [5.74, 6) is -0.628. The summed E-state index contributed by atoms with van der Waals surface area (Å²) in [5, 5.41) is 10.9. The van der Waals surface area contributed by atoms with Crippen LogP contribution in [0.15, 0.2) is 16.6 Å². The zero-order valence-corrected chi connectivity index (χ0v) is 9.43. The molecule has 0 radical (unpaired) electrons. The van der Waals surface area contributed by atoms with Crippen molar-refractivity contribution in [1.82, 2.24) is 0 Å². The summed E-state index contributed by atoms with van der Waals surface area (Å²) in [4.78, 5) is 9.93. The number of hydrogen-bond acceptors (Lipinski definition) is 2. The summed E-state index contributed by atoms with van der Waals surface area (Å²) >= 11 is 5.92. The van der Waals surface area contributed by atoms with Gasteiger partial charge in [-0.25, -0.2) is 4.39 Å². The summed E-state index contributed by atoms with van der Waals surface area (Å²) in [6.45, 7) is 0. The Morgan fingerprint density at radius 2 is 2.15 bits per heavy atom. The summed E-state index contributed by atoms with van der Waals surface area (Å²) in [7, 11) is 0. The third-order valence-corrected chi connectivity index (χ3v) is 2.84. The lowest BCUT2D eigenvalue weighted by Crippen LogP contribution is -1.96. The van der Waals surface area contributed by atoms with Crippen molar-refractivity contribution < 1.29 is 9.31 Å². The summed E-state index contributed by atoms with van der Waals surface area (Å²) < 4.78 is 12.8. The fourth-order valence-electron chi connectivity index (χ4n) is 0.885. The maximum Gasteiger partial charge on any atom is 0.290 e. The molecule has 0 bridgehead atoms. The fourth-order valence-corrected chi connectivity index (χ4v) is 1.87. The van der Waals surface area contributed by atoms with Crippen LogP contribution in [0.1, 0.15) is 5.56 Å². The minimum atomic E-state index is -0.628. The number of nitro benzene ring substituents is 1. The molecule has 70 valence electrons. The lowest BCUT2D eigenvalue weighted by atomic mass is 10.2. The van der Waals surface area contributed by atoms with Gasteiger partial charge in [0.2, 0.25) is 0 Å². The van der Waals surface area contributed by atoms with Crippen LogP contribution in [0.5, 0.6) is 0 Å². The number of rotatable bonds is 2. The van der Waals surface area contributed by atoms with Crippen LogP contribution in [-0.2, 0) is 5.33 Å². The second-order valence-corrected chi connectivity index (χ2v) is 3.61. The predicted octanol–water partition coefficient (Wildman–Crippen LogP) is 3.39. The zero-order valence-electron chi connectivity index (χ0n) is 6.26. The Morgan fingerprint density at radius 1 is 1.54 bits per heavy atom. The van der Waals surface area contributed by atoms with Crippen LogP contribution in [0.2, 0.25) is 0 Å². The van der Waals surface area contributed by atoms with E-state index in [0.29, 0.717) is 10.9 Å². The van der Waals surface area contributed by atoms with Gasteiger partial charge < -0.3 is 0 Å². The topological polar surface area (TPSA) is 43.1 Å². The van der Waals surface area contributed by atoms with E-state index in [9.17, 15) is 14.5 Å². The lowest BCUT2D eigenvalue weighted by molar-refractivity contribution is -0.386. The SMILES string of the molecule is O=[N+]([O-])c1c(CBr)ccc(F)c1Br. The Morgan fingerprint density at radius 3 is 2.62 bits per heavy atom. The average Bonchev–Trinajstić information content (AvgIpc) is 2.08. The number of alkyl halides is 1. The van der Waals surface area contributed by atoms with Gasteiger partial charge in [-0.3, -0.25) is 10.1 Å². The van der Waals surface area contributed by atoms with Gasteiger partial charge in [0.1, 0.15) is 10.3 Å². The van der Waals surface area contributed by atoms with Crippen LogP contribution in [0, 0.1) is 15.9 Å². The van der Waals surface area contributed by atoms with E-state index in [0.717, 1.165) is 0 Å². The third kappa shape index (κ3) is 2.05. The smallest absolute Gasteiger partial charge is 0.258 e. The second-order valence-electron chi connectivity index (χ2n) is 2.26. The predicted molar refractivity (Wildman–Crippen MR) is 53.4 cm³/mol. The first-order chi connectivity index (χ1) is 6.07. The van der Waals surface area contributed by atoms with Gasteiger partial charge in [-0.1, -0.05) is 15.9 Å². The summed E-state index contributed by atoms with van der Waals surface area (Å²) in [6.07, 6.45) is 0. The molecule has 0 atom stereocenters. The normalized spacial score (nSPS) is 10.1. The standard InChI is InChI=1S/C7H4Br2FNO2/c8-3-4-1-2-5(10)6(9)7(4)11(12)13/h1-2H,3H2. The van der Waals surface area contributed by atoms with Gasteiger partial charge >= 0.3 is 0 Å². The molecule has 0 spiro atoms. The molecular weight excluding hydrogens is 309 g/mol. The van der Waals surface area contributed by atoms with E-state index < -0.39 is 10.7 Å². The Hall–Kier alpha value is -0.490. The molecule has 13 heavy (non-hydrogen) atoms. The highest BCUT2D eigenvalue weighted by Crippen LogP contribution is 2.32. The molecule has 1 aromatic rings. The van der Waals surface area contributed by atoms with Gasteiger partial charge in [0.15, 0.2) is 0 Å². The van der Waals surface area contributed by atoms with E-state index in [4.69, 9.17) is 0 Å². The van der Waals surface area contributed by atoms with Crippen molar-refractivity contribution in [3.05, 3.63) is 38.1 Å². The largest absolute Gasteiger partial charge is 0.290 e. The highest BCUT2D eigenvalue weighted by atomic mass is 79.9. The molecule has 0 aliphatic carbocycles. The quantitative estimate of drug-likeness (QED) is 0.477. The first-order valence-corrected chi connectivity index (χ1v) is 5.16. The van der Waals surface area contributed by atoms with Gasteiger partial charge in [-0.05, 0) is 28.1 Å². The third-order valence-electron chi connectivity index (χ3n) is 1.48. The van der Waals surface area contributed by atoms with Crippen molar-refractivity contribution >= 4 is 37.5 Å². The monoisotopic (exact) mass is 311 g/mol. The molecule has 0 fully saturated rings. The van der Waals surface area contributed by atoms with Crippen molar-refractivity contribution in [2.75, 3.05) is 0 Å². The van der Waals surface area contributed by atoms with Crippen LogP contribution >= 0.6 is 31.9 Å². The number of nitrogens with zero attached hydrogens (tertiary/aromatic N) is 1. The summed E-state index contributed by atoms with van der Waals surface area (Å²) in [5.41, 5.74) is 0.218. The molecule has 0 saturated carbocycles. The number of nitro groups is 1. The first-order valence-electron chi connectivity index (χ1n) is 3.25. The van der Waals surface area contributed by atoms with Crippen LogP contribution in [0.25, 0.3) is 0 Å². The summed E-state index contributed by atoms with van der Waals surface area (Å²) in [6, 6.07) is 2.57. The van der Waals surface area contributed by atoms with E-state index in [1.54, 1.807) is 0 Å². The molecule has 0 aliphatic heterocycles. The van der Waals surface area contributed by atoms with Gasteiger partial charge in [0.05, 0.1) is 4.92 Å². The van der Waals surface area contributed by atoms with Gasteiger partial charge in [-0.2, -0.15) is 0 Å². The molecule has 6 heteroatoms. The van der Waals surface area contributed by atoms with E-state index in [-0.39, 0.29) is 10.2 Å². The molecule has 0 amide bonds. The highest BCUT2D eigenvalue weighted by molar-refractivity contribution is 9.10. The van der Waals surface area contributed by atoms with Crippen molar-refractivity contribution in [2.24, 2.45) is 0 Å². The average molecular weight is 313 g/mol. The lowest BCUT2D eigenvalue weighted by Gasteiger charge is -2.01. The maximum absolute atomic E-state index is 12.9. The maximum atomic E-state index is 12.9. The molecule has 0 aliphatic rings. The molecule has 3 nitrogen and oxygen atoms in total. The van der Waals surface area contributed by atoms with Gasteiger partial charge in [0, 0.05) is 10.9 Å². The Balaban J connectivity index is 3.41. The van der Waals surface area contributed by atoms with E-state index in [1.165, 1.54) is 12.1 Å². The second kappa shape index (κ2) is 4.15. The van der Waals surface area contributed by atoms with Crippen molar-refractivity contribution in [2.45, 2.75) is 5.33 Å². The molecule has 1 rings (SSSR count). The highest BCUT2D eigenvalue weighted by Gasteiger charge is 2.20. The Labute approximate surface area is 90.3 Å². The molecule has 0 unspecified atom stereocenters. The Kier molecular flexibility index (Phi) is 3.38. The van der Waals surface area contributed by atoms with Crippen molar-refractivity contribution in [3.8, 4) is 0 Å². The molecule has 0 N–H and O–H groups in total. The fraction of sp³-hybridized carbons (Fsp3) is 0.143. The van der Waals surface area contributed by atoms with Crippen molar-refractivity contribution in [3.63, 3.8) is 0 Å². The zero-order chi connectivity index (χ0) is 10.0. The van der Waals surface area contributed by atoms with Crippen LogP contribution in [0.4, 0.5) is 10.1 Å². The van der Waals surface area contributed by atoms with Gasteiger partial charge in [0.25, 0.3) is 5.69 Å². The molecule has 0 aromatic heterocycles. The van der Waals surface area contributed by atoms with Crippen LogP contribution in [-0.4, -0.2) is 4.92 Å². The minimum Gasteiger partial charge on any atom is -0.258 e. The number of halogens is 3. The van der Waals surface area contributed by atoms with E-state index >= 15 is 0 Å². The first kappa shape index (κ1) is 10.6. The van der Waals surface area contributed by atoms with Gasteiger partial charge in [-0.15, -0.1) is 0 Å². The van der Waals surface area contributed by atoms with Crippen LogP contribution in [0.3, 0.4) is 0 Å². The molecular formula is C7H4Br2FNO2. The molecule has 0 saturated heterocycles. The molecule has 0 heterocycles. The number of benzene rings is 1. The van der Waals surface area contributed by atoms with E-state index in [1.807, 2.05) is 0 Å². The number of hydrogen-bond donors (Lipinski definition) is 0. The molecule has 1 aromatic carbocycles. The van der Waals surface area contributed by atoms with Crippen molar-refractivity contribution in [1.29, 1.82) is 0 Å². The minimum absolute atomic E-state index is 0.102.